The summed E-state index contributed by atoms with van der Waals surface area (Å²) in [7, 11) is 1.84. The Morgan fingerprint density at radius 2 is 1.89 bits per heavy atom. The van der Waals surface area contributed by atoms with Gasteiger partial charge >= 0.3 is 0 Å². The lowest BCUT2D eigenvalue weighted by atomic mass is 10.0. The number of anilines is 1. The van der Waals surface area contributed by atoms with Gasteiger partial charge in [0.05, 0.1) is 5.69 Å². The van der Waals surface area contributed by atoms with Crippen LogP contribution in [0, 0.1) is 13.8 Å². The smallest absolute Gasteiger partial charge is 0.231 e. The average molecular weight is 245 g/mol. The van der Waals surface area contributed by atoms with Gasteiger partial charge in [0.1, 0.15) is 5.82 Å². The van der Waals surface area contributed by atoms with Crippen molar-refractivity contribution in [3.63, 3.8) is 0 Å². The largest absolute Gasteiger partial charge is 0.454 e. The molecule has 0 unspecified atom stereocenters. The third-order valence-electron chi connectivity index (χ3n) is 3.31. The van der Waals surface area contributed by atoms with Crippen LogP contribution in [0.4, 0.5) is 5.82 Å². The number of benzene rings is 1. The first-order chi connectivity index (χ1) is 8.58. The molecule has 0 atom stereocenters. The van der Waals surface area contributed by atoms with E-state index < -0.39 is 0 Å². The summed E-state index contributed by atoms with van der Waals surface area (Å²) in [5, 5.41) is 4.46. The number of fused-ring (bicyclic) bond motifs is 1. The van der Waals surface area contributed by atoms with Crippen LogP contribution in [0.2, 0.25) is 0 Å². The fourth-order valence-electron chi connectivity index (χ4n) is 2.20. The van der Waals surface area contributed by atoms with Gasteiger partial charge in [-0.15, -0.1) is 0 Å². The predicted molar refractivity (Wildman–Crippen MR) is 68.7 cm³/mol. The molecular formula is C13H15N3O2. The topological polar surface area (TPSA) is 62.3 Å². The van der Waals surface area contributed by atoms with Crippen LogP contribution in [0.3, 0.4) is 0 Å². The second kappa shape index (κ2) is 3.66. The van der Waals surface area contributed by atoms with E-state index >= 15 is 0 Å². The number of nitrogens with two attached hydrogens (primary N) is 1. The third-order valence-corrected chi connectivity index (χ3v) is 3.31. The summed E-state index contributed by atoms with van der Waals surface area (Å²) in [6, 6.07) is 3.94. The van der Waals surface area contributed by atoms with E-state index in [0.717, 1.165) is 33.9 Å². The molecule has 3 rings (SSSR count). The molecule has 0 spiro atoms. The Morgan fingerprint density at radius 1 is 1.22 bits per heavy atom. The summed E-state index contributed by atoms with van der Waals surface area (Å²) in [4.78, 5) is 0. The Balaban J connectivity index is 2.20. The summed E-state index contributed by atoms with van der Waals surface area (Å²) < 4.78 is 12.5. The van der Waals surface area contributed by atoms with Gasteiger partial charge in [-0.2, -0.15) is 5.10 Å². The molecule has 0 amide bonds. The fourth-order valence-corrected chi connectivity index (χ4v) is 2.20. The Labute approximate surface area is 105 Å². The van der Waals surface area contributed by atoms with E-state index in [0.29, 0.717) is 5.82 Å². The van der Waals surface area contributed by atoms with E-state index in [2.05, 4.69) is 5.10 Å². The molecule has 18 heavy (non-hydrogen) atoms. The lowest BCUT2D eigenvalue weighted by molar-refractivity contribution is 0.174. The highest BCUT2D eigenvalue weighted by Gasteiger charge is 2.19. The maximum absolute atomic E-state index is 5.95. The van der Waals surface area contributed by atoms with Gasteiger partial charge in [0.15, 0.2) is 11.5 Å². The maximum Gasteiger partial charge on any atom is 0.231 e. The first kappa shape index (κ1) is 11.0. The Morgan fingerprint density at radius 3 is 2.50 bits per heavy atom. The van der Waals surface area contributed by atoms with E-state index in [1.165, 1.54) is 0 Å². The number of ether oxygens (including phenoxy) is 2. The van der Waals surface area contributed by atoms with Crippen molar-refractivity contribution in [1.82, 2.24) is 9.78 Å². The molecule has 2 aromatic rings. The van der Waals surface area contributed by atoms with Crippen molar-refractivity contribution in [3.05, 3.63) is 23.3 Å². The number of aryl methyl sites for hydroxylation is 2. The van der Waals surface area contributed by atoms with Crippen molar-refractivity contribution in [2.75, 3.05) is 12.5 Å². The number of hydrogen-bond acceptors (Lipinski definition) is 4. The van der Waals surface area contributed by atoms with Gasteiger partial charge < -0.3 is 15.2 Å². The van der Waals surface area contributed by atoms with Crippen molar-refractivity contribution >= 4 is 5.82 Å². The maximum atomic E-state index is 5.95. The minimum absolute atomic E-state index is 0.279. The number of hydrogen-bond donors (Lipinski definition) is 1. The summed E-state index contributed by atoms with van der Waals surface area (Å²) in [5.74, 6) is 2.24. The minimum Gasteiger partial charge on any atom is -0.454 e. The van der Waals surface area contributed by atoms with Crippen LogP contribution in [0.1, 0.15) is 11.1 Å². The normalized spacial score (nSPS) is 13.1. The van der Waals surface area contributed by atoms with Gasteiger partial charge in [-0.1, -0.05) is 0 Å². The van der Waals surface area contributed by atoms with Gasteiger partial charge in [-0.3, -0.25) is 4.68 Å². The molecule has 5 heteroatoms. The second-order valence-corrected chi connectivity index (χ2v) is 4.50. The quantitative estimate of drug-likeness (QED) is 0.834. The first-order valence-corrected chi connectivity index (χ1v) is 5.77. The zero-order valence-electron chi connectivity index (χ0n) is 10.7. The number of rotatable bonds is 1. The van der Waals surface area contributed by atoms with Crippen molar-refractivity contribution in [1.29, 1.82) is 0 Å². The van der Waals surface area contributed by atoms with Crippen LogP contribution < -0.4 is 15.2 Å². The van der Waals surface area contributed by atoms with E-state index in [-0.39, 0.29) is 6.79 Å². The Kier molecular flexibility index (Phi) is 2.23. The number of nitrogen functional groups attached to an aromatic ring is 1. The molecule has 2 heterocycles. The molecule has 0 radical (unpaired) electrons. The van der Waals surface area contributed by atoms with Gasteiger partial charge in [-0.25, -0.2) is 0 Å². The summed E-state index contributed by atoms with van der Waals surface area (Å²) in [6.45, 7) is 4.28. The molecule has 1 aliphatic rings. The SMILES string of the molecule is Cc1cc2c(cc1-c1nn(C)c(N)c1C)OCO2. The lowest BCUT2D eigenvalue weighted by Crippen LogP contribution is -1.97. The zero-order chi connectivity index (χ0) is 12.9. The highest BCUT2D eigenvalue weighted by Crippen LogP contribution is 2.39. The van der Waals surface area contributed by atoms with Crippen molar-refractivity contribution in [2.45, 2.75) is 13.8 Å². The molecule has 0 bridgehead atoms. The summed E-state index contributed by atoms with van der Waals surface area (Å²) in [6.07, 6.45) is 0. The Hall–Kier alpha value is -2.17. The molecule has 1 aromatic heterocycles. The second-order valence-electron chi connectivity index (χ2n) is 4.50. The number of aromatic nitrogens is 2. The first-order valence-electron chi connectivity index (χ1n) is 5.77. The van der Waals surface area contributed by atoms with Crippen LogP contribution in [-0.4, -0.2) is 16.6 Å². The van der Waals surface area contributed by atoms with Gasteiger partial charge in [-0.05, 0) is 31.5 Å². The lowest BCUT2D eigenvalue weighted by Gasteiger charge is -2.06. The van der Waals surface area contributed by atoms with Gasteiger partial charge in [0.2, 0.25) is 6.79 Å². The van der Waals surface area contributed by atoms with Crippen LogP contribution >= 0.6 is 0 Å². The molecule has 1 aromatic carbocycles. The van der Waals surface area contributed by atoms with Crippen LogP contribution in [-0.2, 0) is 7.05 Å². The highest BCUT2D eigenvalue weighted by atomic mass is 16.7. The van der Waals surface area contributed by atoms with Crippen LogP contribution in [0.5, 0.6) is 11.5 Å². The molecule has 0 saturated heterocycles. The minimum atomic E-state index is 0.279. The molecule has 0 fully saturated rings. The zero-order valence-corrected chi connectivity index (χ0v) is 10.7. The highest BCUT2D eigenvalue weighted by molar-refractivity contribution is 5.73. The molecule has 0 aliphatic carbocycles. The summed E-state index contributed by atoms with van der Waals surface area (Å²) in [5.41, 5.74) is 9.96. The fraction of sp³-hybridized carbons (Fsp3) is 0.308. The van der Waals surface area contributed by atoms with Crippen LogP contribution in [0.25, 0.3) is 11.3 Å². The molecule has 94 valence electrons. The molecule has 0 saturated carbocycles. The average Bonchev–Trinajstić information content (AvgIpc) is 2.88. The van der Waals surface area contributed by atoms with E-state index in [1.807, 2.05) is 33.0 Å². The van der Waals surface area contributed by atoms with E-state index in [1.54, 1.807) is 4.68 Å². The van der Waals surface area contributed by atoms with Crippen molar-refractivity contribution in [2.24, 2.45) is 7.05 Å². The van der Waals surface area contributed by atoms with E-state index in [9.17, 15) is 0 Å². The van der Waals surface area contributed by atoms with Gasteiger partial charge in [0, 0.05) is 18.2 Å². The van der Waals surface area contributed by atoms with Gasteiger partial charge in [0.25, 0.3) is 0 Å². The molecule has 5 nitrogen and oxygen atoms in total. The monoisotopic (exact) mass is 245 g/mol. The third kappa shape index (κ3) is 1.44. The Bertz CT molecular complexity index is 632. The van der Waals surface area contributed by atoms with Crippen molar-refractivity contribution in [3.8, 4) is 22.8 Å². The molecule has 1 aliphatic heterocycles. The van der Waals surface area contributed by atoms with Crippen molar-refractivity contribution < 1.29 is 9.47 Å². The molecular weight excluding hydrogens is 230 g/mol. The van der Waals surface area contributed by atoms with E-state index in [4.69, 9.17) is 15.2 Å². The number of nitrogens with zero attached hydrogens (tertiary/aromatic N) is 2. The molecule has 2 N–H and O–H groups in total. The summed E-state index contributed by atoms with van der Waals surface area (Å²) >= 11 is 0. The standard InChI is InChI=1S/C13H15N3O2/c1-7-4-10-11(18-6-17-10)5-9(7)12-8(2)13(14)16(3)15-12/h4-5H,6,14H2,1-3H3. The van der Waals surface area contributed by atoms with Crippen LogP contribution in [0.15, 0.2) is 12.1 Å². The predicted octanol–water partition coefficient (Wildman–Crippen LogP) is 2.01.